The third-order valence-electron chi connectivity index (χ3n) is 3.05. The van der Waals surface area contributed by atoms with Crippen LogP contribution in [0.4, 0.5) is 0 Å². The van der Waals surface area contributed by atoms with Gasteiger partial charge in [0.1, 0.15) is 0 Å². The first kappa shape index (κ1) is 11.2. The second-order valence-corrected chi connectivity index (χ2v) is 4.98. The minimum atomic E-state index is 0.776. The van der Waals surface area contributed by atoms with Crippen molar-refractivity contribution >= 4 is 5.57 Å². The third kappa shape index (κ3) is 2.85. The van der Waals surface area contributed by atoms with Gasteiger partial charge in [-0.2, -0.15) is 0 Å². The Morgan fingerprint density at radius 3 is 2.31 bits per heavy atom. The van der Waals surface area contributed by atoms with E-state index >= 15 is 0 Å². The van der Waals surface area contributed by atoms with Crippen molar-refractivity contribution in [2.24, 2.45) is 5.92 Å². The quantitative estimate of drug-likeness (QED) is 0.672. The minimum absolute atomic E-state index is 0.776. The molecule has 0 heteroatoms. The Morgan fingerprint density at radius 1 is 1.00 bits per heavy atom. The van der Waals surface area contributed by atoms with E-state index in [9.17, 15) is 0 Å². The maximum atomic E-state index is 2.33. The SMILES string of the molecule is CC(C)CC1=CC=C(c2ccccc2)CC1. The molecule has 2 rings (SSSR count). The standard InChI is InChI=1S/C16H20/c1-13(2)12-14-8-10-16(11-9-14)15-6-4-3-5-7-15/h3-8,10,13H,9,11-12H2,1-2H3. The first-order valence-corrected chi connectivity index (χ1v) is 6.19. The predicted molar refractivity (Wildman–Crippen MR) is 71.2 cm³/mol. The van der Waals surface area contributed by atoms with Crippen LogP contribution in [0, 0.1) is 5.92 Å². The van der Waals surface area contributed by atoms with Gasteiger partial charge in [0.05, 0.1) is 0 Å². The molecule has 0 fully saturated rings. The summed E-state index contributed by atoms with van der Waals surface area (Å²) in [5.74, 6) is 0.776. The summed E-state index contributed by atoms with van der Waals surface area (Å²) in [6.45, 7) is 4.58. The zero-order chi connectivity index (χ0) is 11.4. The van der Waals surface area contributed by atoms with Crippen molar-refractivity contribution in [1.82, 2.24) is 0 Å². The summed E-state index contributed by atoms with van der Waals surface area (Å²) in [5.41, 5.74) is 4.46. The zero-order valence-corrected chi connectivity index (χ0v) is 10.2. The highest BCUT2D eigenvalue weighted by Gasteiger charge is 2.08. The summed E-state index contributed by atoms with van der Waals surface area (Å²) in [6.07, 6.45) is 8.31. The van der Waals surface area contributed by atoms with Crippen LogP contribution in [0.5, 0.6) is 0 Å². The van der Waals surface area contributed by atoms with Gasteiger partial charge < -0.3 is 0 Å². The molecule has 0 heterocycles. The molecule has 0 nitrogen and oxygen atoms in total. The highest BCUT2D eigenvalue weighted by molar-refractivity contribution is 5.68. The van der Waals surface area contributed by atoms with E-state index in [0.29, 0.717) is 0 Å². The number of hydrogen-bond donors (Lipinski definition) is 0. The smallest absolute Gasteiger partial charge is 0.0224 e. The fourth-order valence-corrected chi connectivity index (χ4v) is 2.27. The fraction of sp³-hybridized carbons (Fsp3) is 0.375. The topological polar surface area (TPSA) is 0 Å². The van der Waals surface area contributed by atoms with Crippen LogP contribution in [0.2, 0.25) is 0 Å². The molecule has 0 aromatic heterocycles. The molecule has 0 aliphatic heterocycles. The average molecular weight is 212 g/mol. The largest absolute Gasteiger partial charge is 0.0696 e. The second kappa shape index (κ2) is 5.16. The van der Waals surface area contributed by atoms with E-state index < -0.39 is 0 Å². The average Bonchev–Trinajstić information content (AvgIpc) is 2.30. The van der Waals surface area contributed by atoms with Crippen molar-refractivity contribution in [3.05, 3.63) is 53.6 Å². The Morgan fingerprint density at radius 2 is 1.75 bits per heavy atom. The lowest BCUT2D eigenvalue weighted by Gasteiger charge is -2.16. The Labute approximate surface area is 98.7 Å². The van der Waals surface area contributed by atoms with E-state index in [-0.39, 0.29) is 0 Å². The highest BCUT2D eigenvalue weighted by Crippen LogP contribution is 2.29. The highest BCUT2D eigenvalue weighted by atomic mass is 14.1. The van der Waals surface area contributed by atoms with E-state index in [2.05, 4.69) is 56.3 Å². The Kier molecular flexibility index (Phi) is 3.61. The number of hydrogen-bond acceptors (Lipinski definition) is 0. The summed E-state index contributed by atoms with van der Waals surface area (Å²) >= 11 is 0. The van der Waals surface area contributed by atoms with Gasteiger partial charge in [-0.05, 0) is 36.3 Å². The molecule has 0 N–H and O–H groups in total. The monoisotopic (exact) mass is 212 g/mol. The minimum Gasteiger partial charge on any atom is -0.0696 e. The molecule has 0 radical (unpaired) electrons. The van der Waals surface area contributed by atoms with Gasteiger partial charge in [-0.15, -0.1) is 0 Å². The molecule has 0 spiro atoms. The maximum absolute atomic E-state index is 2.33. The van der Waals surface area contributed by atoms with Crippen molar-refractivity contribution in [3.8, 4) is 0 Å². The number of allylic oxidation sites excluding steroid dienone is 4. The molecule has 0 bridgehead atoms. The summed E-state index contributed by atoms with van der Waals surface area (Å²) < 4.78 is 0. The first-order valence-electron chi connectivity index (χ1n) is 6.19. The Bertz CT molecular complexity index is 393. The second-order valence-electron chi connectivity index (χ2n) is 4.98. The molecule has 16 heavy (non-hydrogen) atoms. The van der Waals surface area contributed by atoms with Crippen LogP contribution in [0.3, 0.4) is 0 Å². The van der Waals surface area contributed by atoms with Gasteiger partial charge in [-0.3, -0.25) is 0 Å². The number of benzene rings is 1. The summed E-state index contributed by atoms with van der Waals surface area (Å²) in [6, 6.07) is 10.7. The Hall–Kier alpha value is -1.30. The van der Waals surface area contributed by atoms with Gasteiger partial charge in [0.25, 0.3) is 0 Å². The molecule has 84 valence electrons. The molecular formula is C16H20. The van der Waals surface area contributed by atoms with Gasteiger partial charge in [0.15, 0.2) is 0 Å². The molecular weight excluding hydrogens is 192 g/mol. The molecule has 1 aromatic rings. The van der Waals surface area contributed by atoms with Crippen LogP contribution < -0.4 is 0 Å². The predicted octanol–water partition coefficient (Wildman–Crippen LogP) is 4.84. The molecule has 0 saturated carbocycles. The fourth-order valence-electron chi connectivity index (χ4n) is 2.27. The van der Waals surface area contributed by atoms with Crippen LogP contribution in [0.15, 0.2) is 48.1 Å². The Balaban J connectivity index is 2.11. The molecule has 1 aromatic carbocycles. The van der Waals surface area contributed by atoms with Gasteiger partial charge in [-0.25, -0.2) is 0 Å². The van der Waals surface area contributed by atoms with E-state index in [4.69, 9.17) is 0 Å². The molecule has 1 aliphatic rings. The lowest BCUT2D eigenvalue weighted by molar-refractivity contribution is 0.625. The molecule has 0 amide bonds. The van der Waals surface area contributed by atoms with Crippen LogP contribution in [-0.2, 0) is 0 Å². The molecule has 1 aliphatic carbocycles. The summed E-state index contributed by atoms with van der Waals surface area (Å²) in [5, 5.41) is 0. The van der Waals surface area contributed by atoms with Crippen LogP contribution in [0.25, 0.3) is 5.57 Å². The normalized spacial score (nSPS) is 15.9. The lowest BCUT2D eigenvalue weighted by Crippen LogP contribution is -1.97. The summed E-state index contributed by atoms with van der Waals surface area (Å²) in [7, 11) is 0. The van der Waals surface area contributed by atoms with Crippen molar-refractivity contribution in [2.75, 3.05) is 0 Å². The lowest BCUT2D eigenvalue weighted by atomic mass is 9.89. The van der Waals surface area contributed by atoms with Crippen LogP contribution >= 0.6 is 0 Å². The van der Waals surface area contributed by atoms with Crippen molar-refractivity contribution in [3.63, 3.8) is 0 Å². The van der Waals surface area contributed by atoms with E-state index in [1.807, 2.05) is 0 Å². The van der Waals surface area contributed by atoms with Gasteiger partial charge in [0, 0.05) is 0 Å². The van der Waals surface area contributed by atoms with E-state index in [1.54, 1.807) is 5.57 Å². The van der Waals surface area contributed by atoms with Crippen molar-refractivity contribution < 1.29 is 0 Å². The van der Waals surface area contributed by atoms with Crippen LogP contribution in [-0.4, -0.2) is 0 Å². The number of rotatable bonds is 3. The van der Waals surface area contributed by atoms with Gasteiger partial charge in [0.2, 0.25) is 0 Å². The molecule has 0 atom stereocenters. The zero-order valence-electron chi connectivity index (χ0n) is 10.2. The first-order chi connectivity index (χ1) is 7.75. The van der Waals surface area contributed by atoms with Crippen molar-refractivity contribution in [2.45, 2.75) is 33.1 Å². The van der Waals surface area contributed by atoms with E-state index in [0.717, 1.165) is 5.92 Å². The van der Waals surface area contributed by atoms with Gasteiger partial charge >= 0.3 is 0 Å². The van der Waals surface area contributed by atoms with Gasteiger partial charge in [-0.1, -0.05) is 61.9 Å². The molecule has 0 unspecified atom stereocenters. The van der Waals surface area contributed by atoms with E-state index in [1.165, 1.54) is 30.4 Å². The summed E-state index contributed by atoms with van der Waals surface area (Å²) in [4.78, 5) is 0. The third-order valence-corrected chi connectivity index (χ3v) is 3.05. The maximum Gasteiger partial charge on any atom is -0.0224 e. The molecule has 0 saturated heterocycles. The van der Waals surface area contributed by atoms with Crippen molar-refractivity contribution in [1.29, 1.82) is 0 Å². The van der Waals surface area contributed by atoms with Crippen LogP contribution in [0.1, 0.15) is 38.7 Å².